The van der Waals surface area contributed by atoms with Gasteiger partial charge in [0, 0.05) is 5.69 Å². The zero-order valence-corrected chi connectivity index (χ0v) is 11.9. The molecule has 0 spiro atoms. The summed E-state index contributed by atoms with van der Waals surface area (Å²) in [5.74, 6) is -0.463. The first-order chi connectivity index (χ1) is 10.6. The van der Waals surface area contributed by atoms with Crippen LogP contribution in [0.25, 0.3) is 0 Å². The number of carbonyl (C=O) groups is 2. The number of carbonyl (C=O) groups excluding carboxylic acids is 1. The molecule has 0 aromatic heterocycles. The molecule has 0 bridgehead atoms. The van der Waals surface area contributed by atoms with Crippen LogP contribution in [0.1, 0.15) is 11.6 Å². The summed E-state index contributed by atoms with van der Waals surface area (Å²) in [4.78, 5) is 23.3. The number of nitrogens with one attached hydrogen (secondary N) is 2. The summed E-state index contributed by atoms with van der Waals surface area (Å²) < 4.78 is 5.02. The van der Waals surface area contributed by atoms with Crippen LogP contribution in [0.3, 0.4) is 0 Å². The highest BCUT2D eigenvalue weighted by Crippen LogP contribution is 2.16. The molecule has 0 aliphatic rings. The highest BCUT2D eigenvalue weighted by Gasteiger charge is 2.21. The Kier molecular flexibility index (Phi) is 4.98. The largest absolute Gasteiger partial charge is 0.497 e. The zero-order chi connectivity index (χ0) is 15.9. The summed E-state index contributed by atoms with van der Waals surface area (Å²) in [6.45, 7) is 0. The van der Waals surface area contributed by atoms with Crippen molar-refractivity contribution >= 4 is 17.7 Å². The highest BCUT2D eigenvalue weighted by molar-refractivity contribution is 5.92. The minimum atomic E-state index is -1.13. The van der Waals surface area contributed by atoms with E-state index in [4.69, 9.17) is 4.74 Å². The Balaban J connectivity index is 2.03. The highest BCUT2D eigenvalue weighted by atomic mass is 16.5. The van der Waals surface area contributed by atoms with Crippen molar-refractivity contribution in [2.45, 2.75) is 6.04 Å². The Hall–Kier alpha value is -3.02. The van der Waals surface area contributed by atoms with Gasteiger partial charge in [-0.15, -0.1) is 0 Å². The minimum absolute atomic E-state index is 0.500. The number of hydrogen-bond donors (Lipinski definition) is 3. The summed E-state index contributed by atoms with van der Waals surface area (Å²) in [7, 11) is 1.55. The third-order valence-electron chi connectivity index (χ3n) is 3.00. The number of ether oxygens (including phenoxy) is 1. The molecule has 6 heteroatoms. The molecule has 0 aliphatic carbocycles. The van der Waals surface area contributed by atoms with E-state index < -0.39 is 18.0 Å². The topological polar surface area (TPSA) is 87.7 Å². The number of urea groups is 1. The van der Waals surface area contributed by atoms with Gasteiger partial charge in [0.1, 0.15) is 5.75 Å². The maximum atomic E-state index is 11.9. The zero-order valence-electron chi connectivity index (χ0n) is 11.9. The van der Waals surface area contributed by atoms with Crippen LogP contribution in [0.15, 0.2) is 54.6 Å². The number of methoxy groups -OCH3 is 1. The molecular formula is C16H16N2O4. The quantitative estimate of drug-likeness (QED) is 0.792. The maximum absolute atomic E-state index is 11.9. The molecule has 0 radical (unpaired) electrons. The van der Waals surface area contributed by atoms with Crippen molar-refractivity contribution in [2.75, 3.05) is 12.4 Å². The lowest BCUT2D eigenvalue weighted by Gasteiger charge is -2.15. The third kappa shape index (κ3) is 3.99. The second kappa shape index (κ2) is 7.12. The number of carboxylic acid groups (broad SMARTS) is 1. The van der Waals surface area contributed by atoms with Gasteiger partial charge in [-0.2, -0.15) is 0 Å². The lowest BCUT2D eigenvalue weighted by atomic mass is 10.1. The number of hydrogen-bond acceptors (Lipinski definition) is 3. The second-order valence-corrected chi connectivity index (χ2v) is 4.51. The van der Waals surface area contributed by atoms with Gasteiger partial charge in [-0.05, 0) is 29.8 Å². The van der Waals surface area contributed by atoms with Crippen molar-refractivity contribution in [3.8, 4) is 5.75 Å². The molecule has 0 saturated carbocycles. The normalized spacial score (nSPS) is 11.3. The molecule has 0 fully saturated rings. The predicted molar refractivity (Wildman–Crippen MR) is 82.0 cm³/mol. The summed E-state index contributed by atoms with van der Waals surface area (Å²) in [5.41, 5.74) is 1.04. The molecule has 1 atom stereocenters. The van der Waals surface area contributed by atoms with Crippen LogP contribution < -0.4 is 15.4 Å². The Morgan fingerprint density at radius 3 is 2.23 bits per heavy atom. The first-order valence-electron chi connectivity index (χ1n) is 6.59. The smallest absolute Gasteiger partial charge is 0.330 e. The Bertz CT molecular complexity index is 641. The van der Waals surface area contributed by atoms with Crippen molar-refractivity contribution < 1.29 is 19.4 Å². The van der Waals surface area contributed by atoms with Gasteiger partial charge in [-0.3, -0.25) is 0 Å². The summed E-state index contributed by atoms with van der Waals surface area (Å²) in [6, 6.07) is 13.5. The Morgan fingerprint density at radius 1 is 1.05 bits per heavy atom. The molecule has 3 N–H and O–H groups in total. The van der Waals surface area contributed by atoms with Crippen LogP contribution in [-0.4, -0.2) is 24.2 Å². The first kappa shape index (κ1) is 15.4. The summed E-state index contributed by atoms with van der Waals surface area (Å²) in [6.07, 6.45) is 0. The van der Waals surface area contributed by atoms with Crippen LogP contribution in [-0.2, 0) is 4.79 Å². The van der Waals surface area contributed by atoms with Crippen LogP contribution >= 0.6 is 0 Å². The molecule has 6 nitrogen and oxygen atoms in total. The molecular weight excluding hydrogens is 284 g/mol. The number of aliphatic carboxylic acids is 1. The second-order valence-electron chi connectivity index (χ2n) is 4.51. The van der Waals surface area contributed by atoms with Crippen LogP contribution in [0.2, 0.25) is 0 Å². The monoisotopic (exact) mass is 300 g/mol. The van der Waals surface area contributed by atoms with E-state index in [2.05, 4.69) is 10.6 Å². The lowest BCUT2D eigenvalue weighted by Crippen LogP contribution is -2.36. The first-order valence-corrected chi connectivity index (χ1v) is 6.59. The summed E-state index contributed by atoms with van der Waals surface area (Å²) in [5, 5.41) is 14.3. The molecule has 2 amide bonds. The van der Waals surface area contributed by atoms with Gasteiger partial charge in [0.15, 0.2) is 6.04 Å². The van der Waals surface area contributed by atoms with Gasteiger partial charge >= 0.3 is 12.0 Å². The maximum Gasteiger partial charge on any atom is 0.330 e. The fraction of sp³-hybridized carbons (Fsp3) is 0.125. The van der Waals surface area contributed by atoms with E-state index in [1.165, 1.54) is 0 Å². The number of anilines is 1. The number of carboxylic acids is 1. The number of amides is 2. The van der Waals surface area contributed by atoms with E-state index in [9.17, 15) is 14.7 Å². The Morgan fingerprint density at radius 2 is 1.68 bits per heavy atom. The number of benzene rings is 2. The fourth-order valence-electron chi connectivity index (χ4n) is 1.91. The number of rotatable bonds is 5. The minimum Gasteiger partial charge on any atom is -0.497 e. The van der Waals surface area contributed by atoms with Gasteiger partial charge in [0.2, 0.25) is 0 Å². The van der Waals surface area contributed by atoms with Gasteiger partial charge in [0.05, 0.1) is 7.11 Å². The summed E-state index contributed by atoms with van der Waals surface area (Å²) >= 11 is 0. The molecule has 2 aromatic carbocycles. The average Bonchev–Trinajstić information content (AvgIpc) is 2.54. The Labute approximate surface area is 127 Å². The van der Waals surface area contributed by atoms with Crippen molar-refractivity contribution in [3.63, 3.8) is 0 Å². The van der Waals surface area contributed by atoms with E-state index in [1.54, 1.807) is 61.7 Å². The molecule has 0 aliphatic heterocycles. The van der Waals surface area contributed by atoms with E-state index in [1.807, 2.05) is 0 Å². The van der Waals surface area contributed by atoms with E-state index in [-0.39, 0.29) is 0 Å². The molecule has 2 aromatic rings. The van der Waals surface area contributed by atoms with E-state index in [0.717, 1.165) is 0 Å². The lowest BCUT2D eigenvalue weighted by molar-refractivity contribution is -0.139. The van der Waals surface area contributed by atoms with Crippen molar-refractivity contribution in [3.05, 3.63) is 60.2 Å². The van der Waals surface area contributed by atoms with Gasteiger partial charge in [-0.1, -0.05) is 30.3 Å². The molecule has 2 rings (SSSR count). The molecule has 114 valence electrons. The molecule has 0 heterocycles. The predicted octanol–water partition coefficient (Wildman–Crippen LogP) is 2.64. The van der Waals surface area contributed by atoms with Crippen molar-refractivity contribution in [1.82, 2.24) is 5.32 Å². The standard InChI is InChI=1S/C16H16N2O4/c1-22-13-9-7-12(8-10-13)17-16(21)18-14(15(19)20)11-5-3-2-4-6-11/h2-10,14H,1H3,(H,19,20)(H2,17,18,21). The SMILES string of the molecule is COc1ccc(NC(=O)NC(C(=O)O)c2ccccc2)cc1. The van der Waals surface area contributed by atoms with E-state index >= 15 is 0 Å². The average molecular weight is 300 g/mol. The van der Waals surface area contributed by atoms with Crippen molar-refractivity contribution in [2.24, 2.45) is 0 Å². The molecule has 0 saturated heterocycles. The van der Waals surface area contributed by atoms with Crippen LogP contribution in [0.4, 0.5) is 10.5 Å². The van der Waals surface area contributed by atoms with E-state index in [0.29, 0.717) is 17.0 Å². The molecule has 22 heavy (non-hydrogen) atoms. The van der Waals surface area contributed by atoms with Crippen LogP contribution in [0, 0.1) is 0 Å². The van der Waals surface area contributed by atoms with Crippen molar-refractivity contribution in [1.29, 1.82) is 0 Å². The molecule has 1 unspecified atom stereocenters. The third-order valence-corrected chi connectivity index (χ3v) is 3.00. The van der Waals surface area contributed by atoms with Crippen LogP contribution in [0.5, 0.6) is 5.75 Å². The fourth-order valence-corrected chi connectivity index (χ4v) is 1.91. The van der Waals surface area contributed by atoms with Gasteiger partial charge < -0.3 is 20.5 Å². The van der Waals surface area contributed by atoms with Gasteiger partial charge in [-0.25, -0.2) is 9.59 Å². The van der Waals surface area contributed by atoms with Gasteiger partial charge in [0.25, 0.3) is 0 Å².